The van der Waals surface area contributed by atoms with Crippen LogP contribution >= 0.6 is 22.9 Å². The molecule has 0 fully saturated rings. The normalized spacial score (nSPS) is 10.3. The summed E-state index contributed by atoms with van der Waals surface area (Å²) < 4.78 is 0. The fourth-order valence-electron chi connectivity index (χ4n) is 1.60. The van der Waals surface area contributed by atoms with Crippen molar-refractivity contribution >= 4 is 34.5 Å². The maximum absolute atomic E-state index is 12.3. The third kappa shape index (κ3) is 3.12. The second-order valence-electron chi connectivity index (χ2n) is 4.03. The van der Waals surface area contributed by atoms with Gasteiger partial charge < -0.3 is 4.90 Å². The molecule has 0 unspecified atom stereocenters. The molecular formula is C12H10ClN3O3S. The highest BCUT2D eigenvalue weighted by Gasteiger charge is 2.20. The van der Waals surface area contributed by atoms with Crippen LogP contribution in [-0.2, 0) is 6.54 Å². The lowest BCUT2D eigenvalue weighted by Gasteiger charge is -2.16. The summed E-state index contributed by atoms with van der Waals surface area (Å²) in [5.41, 5.74) is -0.234. The van der Waals surface area contributed by atoms with E-state index in [-0.39, 0.29) is 16.4 Å². The van der Waals surface area contributed by atoms with Crippen LogP contribution in [0.2, 0.25) is 5.15 Å². The molecule has 0 N–H and O–H groups in total. The molecule has 2 aromatic rings. The predicted molar refractivity (Wildman–Crippen MR) is 76.0 cm³/mol. The van der Waals surface area contributed by atoms with Gasteiger partial charge in [-0.25, -0.2) is 4.98 Å². The van der Waals surface area contributed by atoms with Crippen LogP contribution in [0.15, 0.2) is 29.8 Å². The molecule has 0 aliphatic heterocycles. The molecule has 0 bridgehead atoms. The fourth-order valence-corrected chi connectivity index (χ4v) is 2.54. The largest absolute Gasteiger partial charge is 0.336 e. The zero-order valence-corrected chi connectivity index (χ0v) is 12.0. The Labute approximate surface area is 123 Å². The minimum atomic E-state index is -0.612. The monoisotopic (exact) mass is 311 g/mol. The smallest absolute Gasteiger partial charge is 0.288 e. The Kier molecular flexibility index (Phi) is 4.31. The average molecular weight is 312 g/mol. The number of carbonyl (C=O) groups is 1. The van der Waals surface area contributed by atoms with Gasteiger partial charge in [-0.2, -0.15) is 0 Å². The maximum atomic E-state index is 12.3. The molecule has 0 saturated heterocycles. The number of nitrogens with zero attached hydrogens (tertiary/aromatic N) is 3. The summed E-state index contributed by atoms with van der Waals surface area (Å²) in [6, 6.07) is 4.94. The van der Waals surface area contributed by atoms with Gasteiger partial charge in [0.1, 0.15) is 11.3 Å². The van der Waals surface area contributed by atoms with E-state index in [0.29, 0.717) is 6.54 Å². The highest BCUT2D eigenvalue weighted by molar-refractivity contribution is 7.09. The van der Waals surface area contributed by atoms with Crippen molar-refractivity contribution in [3.8, 4) is 0 Å². The zero-order chi connectivity index (χ0) is 14.7. The molecule has 0 aliphatic carbocycles. The summed E-state index contributed by atoms with van der Waals surface area (Å²) in [5.74, 6) is -0.403. The number of aromatic nitrogens is 1. The van der Waals surface area contributed by atoms with Crippen molar-refractivity contribution in [2.24, 2.45) is 0 Å². The first kappa shape index (κ1) is 14.4. The number of hydrogen-bond acceptors (Lipinski definition) is 5. The quantitative estimate of drug-likeness (QED) is 0.494. The van der Waals surface area contributed by atoms with E-state index in [1.807, 2.05) is 17.5 Å². The van der Waals surface area contributed by atoms with Gasteiger partial charge in [0.2, 0.25) is 0 Å². The van der Waals surface area contributed by atoms with Crippen LogP contribution in [0.1, 0.15) is 15.2 Å². The number of rotatable bonds is 4. The van der Waals surface area contributed by atoms with Crippen molar-refractivity contribution < 1.29 is 9.72 Å². The van der Waals surface area contributed by atoms with E-state index in [9.17, 15) is 14.9 Å². The Morgan fingerprint density at radius 2 is 2.35 bits per heavy atom. The van der Waals surface area contributed by atoms with Gasteiger partial charge in [-0.15, -0.1) is 11.3 Å². The second kappa shape index (κ2) is 5.98. The van der Waals surface area contributed by atoms with Crippen LogP contribution in [0.3, 0.4) is 0 Å². The molecule has 2 rings (SSSR count). The van der Waals surface area contributed by atoms with Crippen LogP contribution in [-0.4, -0.2) is 27.8 Å². The van der Waals surface area contributed by atoms with Crippen molar-refractivity contribution in [3.63, 3.8) is 0 Å². The lowest BCUT2D eigenvalue weighted by molar-refractivity contribution is -0.385. The summed E-state index contributed by atoms with van der Waals surface area (Å²) in [6.07, 6.45) is 1.03. The van der Waals surface area contributed by atoms with E-state index in [1.54, 1.807) is 7.05 Å². The summed E-state index contributed by atoms with van der Waals surface area (Å²) in [7, 11) is 1.61. The van der Waals surface area contributed by atoms with Gasteiger partial charge in [0.25, 0.3) is 11.6 Å². The Balaban J connectivity index is 2.23. The van der Waals surface area contributed by atoms with E-state index >= 15 is 0 Å². The Bertz CT molecular complexity index is 645. The lowest BCUT2D eigenvalue weighted by Crippen LogP contribution is -2.26. The van der Waals surface area contributed by atoms with E-state index < -0.39 is 10.8 Å². The van der Waals surface area contributed by atoms with Crippen LogP contribution in [0.4, 0.5) is 5.69 Å². The number of halogens is 1. The van der Waals surface area contributed by atoms with Gasteiger partial charge in [-0.3, -0.25) is 14.9 Å². The Morgan fingerprint density at radius 1 is 1.60 bits per heavy atom. The van der Waals surface area contributed by atoms with E-state index in [4.69, 9.17) is 11.6 Å². The first-order valence-corrected chi connectivity index (χ1v) is 6.82. The van der Waals surface area contributed by atoms with Gasteiger partial charge in [-0.05, 0) is 11.4 Å². The van der Waals surface area contributed by atoms with Crippen molar-refractivity contribution in [2.45, 2.75) is 6.54 Å². The maximum Gasteiger partial charge on any atom is 0.288 e. The van der Waals surface area contributed by atoms with Crippen LogP contribution in [0.25, 0.3) is 0 Å². The van der Waals surface area contributed by atoms with E-state index in [2.05, 4.69) is 4.98 Å². The minimum absolute atomic E-state index is 0.0277. The molecule has 2 aromatic heterocycles. The predicted octanol–water partition coefficient (Wildman–Crippen LogP) is 2.98. The fraction of sp³-hybridized carbons (Fsp3) is 0.167. The minimum Gasteiger partial charge on any atom is -0.336 e. The summed E-state index contributed by atoms with van der Waals surface area (Å²) in [5, 5.41) is 12.6. The lowest BCUT2D eigenvalue weighted by atomic mass is 10.2. The van der Waals surface area contributed by atoms with Crippen molar-refractivity contribution in [1.29, 1.82) is 0 Å². The summed E-state index contributed by atoms with van der Waals surface area (Å²) in [4.78, 5) is 28.5. The molecule has 0 spiro atoms. The molecule has 2 heterocycles. The summed E-state index contributed by atoms with van der Waals surface area (Å²) >= 11 is 7.37. The summed E-state index contributed by atoms with van der Waals surface area (Å²) in [6.45, 7) is 0.412. The van der Waals surface area contributed by atoms with Crippen LogP contribution < -0.4 is 0 Å². The van der Waals surface area contributed by atoms with Crippen molar-refractivity contribution in [1.82, 2.24) is 9.88 Å². The molecule has 6 nitrogen and oxygen atoms in total. The number of thiophene rings is 1. The number of carbonyl (C=O) groups excluding carboxylic acids is 1. The van der Waals surface area contributed by atoms with Gasteiger partial charge in [0.05, 0.1) is 17.0 Å². The molecule has 104 valence electrons. The van der Waals surface area contributed by atoms with Crippen molar-refractivity contribution in [2.75, 3.05) is 7.05 Å². The molecular weight excluding hydrogens is 302 g/mol. The standard InChI is InChI=1S/C12H10ClN3O3S/c1-15(7-9-3-2-4-20-9)12(17)10-5-8(16(18)19)6-14-11(10)13/h2-6H,7H2,1H3. The number of amides is 1. The van der Waals surface area contributed by atoms with Crippen LogP contribution in [0.5, 0.6) is 0 Å². The molecule has 0 atom stereocenters. The van der Waals surface area contributed by atoms with Gasteiger partial charge >= 0.3 is 0 Å². The van der Waals surface area contributed by atoms with Crippen LogP contribution in [0, 0.1) is 10.1 Å². The Hall–Kier alpha value is -1.99. The molecule has 0 aromatic carbocycles. The number of pyridine rings is 1. The van der Waals surface area contributed by atoms with Crippen molar-refractivity contribution in [3.05, 3.63) is 55.5 Å². The second-order valence-corrected chi connectivity index (χ2v) is 5.42. The average Bonchev–Trinajstić information content (AvgIpc) is 2.91. The molecule has 0 aliphatic rings. The topological polar surface area (TPSA) is 76.3 Å². The Morgan fingerprint density at radius 3 is 2.95 bits per heavy atom. The zero-order valence-electron chi connectivity index (χ0n) is 10.4. The third-order valence-corrected chi connectivity index (χ3v) is 3.75. The first-order valence-electron chi connectivity index (χ1n) is 5.57. The van der Waals surface area contributed by atoms with Gasteiger partial charge in [0.15, 0.2) is 0 Å². The van der Waals surface area contributed by atoms with E-state index in [0.717, 1.165) is 17.1 Å². The highest BCUT2D eigenvalue weighted by Crippen LogP contribution is 2.21. The van der Waals surface area contributed by atoms with Gasteiger partial charge in [-0.1, -0.05) is 17.7 Å². The SMILES string of the molecule is CN(Cc1cccs1)C(=O)c1cc([N+](=O)[O-])cnc1Cl. The molecule has 0 radical (unpaired) electrons. The highest BCUT2D eigenvalue weighted by atomic mass is 35.5. The van der Waals surface area contributed by atoms with Gasteiger partial charge in [0, 0.05) is 18.0 Å². The number of nitro groups is 1. The number of hydrogen-bond donors (Lipinski definition) is 0. The third-order valence-electron chi connectivity index (χ3n) is 2.59. The van der Waals surface area contributed by atoms with E-state index in [1.165, 1.54) is 16.2 Å². The molecule has 20 heavy (non-hydrogen) atoms. The molecule has 8 heteroatoms. The molecule has 1 amide bonds. The first-order chi connectivity index (χ1) is 9.49. The molecule has 0 saturated carbocycles.